The standard InChI is InChI=1S/C13H13ClN2O6/c1-22-8-5-11(13(18)19)15(6-8)12(17)9-3-2-7(16(20)21)4-10(9)14/h2-4,8,11H,5-6H2,1H3,(H,18,19). The molecule has 0 spiro atoms. The Morgan fingerprint density at radius 3 is 2.68 bits per heavy atom. The molecule has 2 rings (SSSR count). The van der Waals surface area contributed by atoms with Gasteiger partial charge < -0.3 is 14.7 Å². The number of nitrogens with zero attached hydrogens (tertiary/aromatic N) is 2. The first-order chi connectivity index (χ1) is 10.3. The predicted octanol–water partition coefficient (Wildman–Crippen LogP) is 1.56. The van der Waals surface area contributed by atoms with Crippen LogP contribution in [-0.4, -0.2) is 52.6 Å². The lowest BCUT2D eigenvalue weighted by atomic mass is 10.1. The number of nitro benzene ring substituents is 1. The maximum absolute atomic E-state index is 12.5. The predicted molar refractivity (Wildman–Crippen MR) is 76.0 cm³/mol. The quantitative estimate of drug-likeness (QED) is 0.663. The Morgan fingerprint density at radius 1 is 1.50 bits per heavy atom. The van der Waals surface area contributed by atoms with Crippen molar-refractivity contribution >= 4 is 29.2 Å². The minimum Gasteiger partial charge on any atom is -0.480 e. The van der Waals surface area contributed by atoms with Crippen LogP contribution in [0.1, 0.15) is 16.8 Å². The molecule has 1 heterocycles. The summed E-state index contributed by atoms with van der Waals surface area (Å²) in [6, 6.07) is 2.43. The molecule has 22 heavy (non-hydrogen) atoms. The van der Waals surface area contributed by atoms with Crippen molar-refractivity contribution in [1.82, 2.24) is 4.90 Å². The number of benzene rings is 1. The number of methoxy groups -OCH3 is 1. The average molecular weight is 329 g/mol. The third-order valence-corrected chi connectivity index (χ3v) is 3.85. The highest BCUT2D eigenvalue weighted by Gasteiger charge is 2.40. The monoisotopic (exact) mass is 328 g/mol. The maximum Gasteiger partial charge on any atom is 0.326 e. The summed E-state index contributed by atoms with van der Waals surface area (Å²) in [4.78, 5) is 34.9. The van der Waals surface area contributed by atoms with Gasteiger partial charge >= 0.3 is 5.97 Å². The van der Waals surface area contributed by atoms with Gasteiger partial charge in [-0.3, -0.25) is 14.9 Å². The topological polar surface area (TPSA) is 110 Å². The molecular formula is C13H13ClN2O6. The molecule has 0 radical (unpaired) electrons. The van der Waals surface area contributed by atoms with Crippen molar-refractivity contribution in [3.8, 4) is 0 Å². The number of carboxylic acids is 1. The zero-order valence-electron chi connectivity index (χ0n) is 11.6. The average Bonchev–Trinajstić information content (AvgIpc) is 2.90. The van der Waals surface area contributed by atoms with Gasteiger partial charge in [0.1, 0.15) is 6.04 Å². The van der Waals surface area contributed by atoms with Gasteiger partial charge in [0.25, 0.3) is 11.6 Å². The van der Waals surface area contributed by atoms with Crippen molar-refractivity contribution in [3.63, 3.8) is 0 Å². The van der Waals surface area contributed by atoms with Gasteiger partial charge in [-0.2, -0.15) is 0 Å². The number of rotatable bonds is 4. The Kier molecular flexibility index (Phi) is 4.62. The molecule has 0 aromatic heterocycles. The first-order valence-electron chi connectivity index (χ1n) is 6.35. The molecule has 1 aliphatic heterocycles. The molecule has 8 nitrogen and oxygen atoms in total. The van der Waals surface area contributed by atoms with Crippen LogP contribution in [0.4, 0.5) is 5.69 Å². The van der Waals surface area contributed by atoms with Gasteiger partial charge in [0.15, 0.2) is 0 Å². The van der Waals surface area contributed by atoms with Crippen LogP contribution in [-0.2, 0) is 9.53 Å². The molecule has 1 aromatic carbocycles. The highest BCUT2D eigenvalue weighted by Crippen LogP contribution is 2.27. The molecule has 2 unspecified atom stereocenters. The van der Waals surface area contributed by atoms with Crippen LogP contribution >= 0.6 is 11.6 Å². The Hall–Kier alpha value is -2.19. The van der Waals surface area contributed by atoms with Gasteiger partial charge in [0.05, 0.1) is 21.6 Å². The molecular weight excluding hydrogens is 316 g/mol. The van der Waals surface area contributed by atoms with E-state index in [4.69, 9.17) is 16.3 Å². The van der Waals surface area contributed by atoms with E-state index in [2.05, 4.69) is 0 Å². The number of nitro groups is 1. The molecule has 1 aliphatic rings. The van der Waals surface area contributed by atoms with E-state index in [-0.39, 0.29) is 35.3 Å². The Morgan fingerprint density at radius 2 is 2.18 bits per heavy atom. The van der Waals surface area contributed by atoms with Crippen LogP contribution in [0, 0.1) is 10.1 Å². The summed E-state index contributed by atoms with van der Waals surface area (Å²) in [5.74, 6) is -1.72. The number of hydrogen-bond donors (Lipinski definition) is 1. The summed E-state index contributed by atoms with van der Waals surface area (Å²) in [7, 11) is 1.44. The Bertz CT molecular complexity index is 635. The van der Waals surface area contributed by atoms with E-state index in [1.165, 1.54) is 13.2 Å². The van der Waals surface area contributed by atoms with Crippen molar-refractivity contribution in [2.45, 2.75) is 18.6 Å². The second-order valence-corrected chi connectivity index (χ2v) is 5.23. The van der Waals surface area contributed by atoms with Crippen molar-refractivity contribution in [3.05, 3.63) is 38.9 Å². The summed E-state index contributed by atoms with van der Waals surface area (Å²) < 4.78 is 5.11. The number of halogens is 1. The summed E-state index contributed by atoms with van der Waals surface area (Å²) in [5, 5.41) is 19.8. The van der Waals surface area contributed by atoms with Crippen LogP contribution in [0.15, 0.2) is 18.2 Å². The molecule has 0 saturated carbocycles. The van der Waals surface area contributed by atoms with Crippen LogP contribution in [0.5, 0.6) is 0 Å². The van der Waals surface area contributed by atoms with E-state index in [9.17, 15) is 24.8 Å². The van der Waals surface area contributed by atoms with Crippen LogP contribution in [0.3, 0.4) is 0 Å². The number of ether oxygens (including phenoxy) is 1. The first-order valence-corrected chi connectivity index (χ1v) is 6.73. The SMILES string of the molecule is COC1CC(C(=O)O)N(C(=O)c2ccc([N+](=O)[O-])cc2Cl)C1. The van der Waals surface area contributed by atoms with E-state index < -0.39 is 22.8 Å². The van der Waals surface area contributed by atoms with Crippen molar-refractivity contribution in [2.24, 2.45) is 0 Å². The van der Waals surface area contributed by atoms with Crippen LogP contribution in [0.2, 0.25) is 5.02 Å². The fourth-order valence-electron chi connectivity index (χ4n) is 2.37. The van der Waals surface area contributed by atoms with E-state index in [0.29, 0.717) is 0 Å². The number of carbonyl (C=O) groups excluding carboxylic acids is 1. The highest BCUT2D eigenvalue weighted by atomic mass is 35.5. The van der Waals surface area contributed by atoms with Gasteiger partial charge in [-0.15, -0.1) is 0 Å². The maximum atomic E-state index is 12.5. The lowest BCUT2D eigenvalue weighted by molar-refractivity contribution is -0.384. The summed E-state index contributed by atoms with van der Waals surface area (Å²) >= 11 is 5.91. The van der Waals surface area contributed by atoms with Crippen molar-refractivity contribution < 1.29 is 24.4 Å². The zero-order valence-corrected chi connectivity index (χ0v) is 12.3. The third kappa shape index (κ3) is 3.02. The van der Waals surface area contributed by atoms with E-state index >= 15 is 0 Å². The lowest BCUT2D eigenvalue weighted by Gasteiger charge is -2.21. The third-order valence-electron chi connectivity index (χ3n) is 3.54. The molecule has 118 valence electrons. The first kappa shape index (κ1) is 16.2. The largest absolute Gasteiger partial charge is 0.480 e. The second kappa shape index (κ2) is 6.29. The van der Waals surface area contributed by atoms with Crippen LogP contribution in [0.25, 0.3) is 0 Å². The summed E-state index contributed by atoms with van der Waals surface area (Å²) in [5.41, 5.74) is -0.220. The van der Waals surface area contributed by atoms with Gasteiger partial charge in [0.2, 0.25) is 0 Å². The zero-order chi connectivity index (χ0) is 16.4. The highest BCUT2D eigenvalue weighted by molar-refractivity contribution is 6.34. The number of carboxylic acid groups (broad SMARTS) is 1. The molecule has 1 fully saturated rings. The summed E-state index contributed by atoms with van der Waals surface area (Å²) in [6.45, 7) is 0.125. The molecule has 1 saturated heterocycles. The van der Waals surface area contributed by atoms with E-state index in [0.717, 1.165) is 17.0 Å². The molecule has 0 aliphatic carbocycles. The number of amides is 1. The molecule has 0 bridgehead atoms. The number of carbonyl (C=O) groups is 2. The van der Waals surface area contributed by atoms with Gasteiger partial charge in [-0.25, -0.2) is 4.79 Å². The van der Waals surface area contributed by atoms with Crippen molar-refractivity contribution in [1.29, 1.82) is 0 Å². The normalized spacial score (nSPS) is 20.9. The summed E-state index contributed by atoms with van der Waals surface area (Å²) in [6.07, 6.45) is -0.191. The fourth-order valence-corrected chi connectivity index (χ4v) is 2.63. The molecule has 1 N–H and O–H groups in total. The van der Waals surface area contributed by atoms with Gasteiger partial charge in [0, 0.05) is 32.2 Å². The van der Waals surface area contributed by atoms with E-state index in [1.807, 2.05) is 0 Å². The lowest BCUT2D eigenvalue weighted by Crippen LogP contribution is -2.40. The van der Waals surface area contributed by atoms with Gasteiger partial charge in [-0.05, 0) is 6.07 Å². The Labute approximate surface area is 130 Å². The van der Waals surface area contributed by atoms with Gasteiger partial charge in [-0.1, -0.05) is 11.6 Å². The minimum atomic E-state index is -1.13. The molecule has 1 aromatic rings. The number of hydrogen-bond acceptors (Lipinski definition) is 5. The van der Waals surface area contributed by atoms with Crippen LogP contribution < -0.4 is 0 Å². The number of aliphatic carboxylic acids is 1. The minimum absolute atomic E-state index is 0.0234. The second-order valence-electron chi connectivity index (χ2n) is 4.83. The van der Waals surface area contributed by atoms with Crippen molar-refractivity contribution in [2.75, 3.05) is 13.7 Å². The number of non-ortho nitro benzene ring substituents is 1. The molecule has 2 atom stereocenters. The van der Waals surface area contributed by atoms with E-state index in [1.54, 1.807) is 0 Å². The molecule has 1 amide bonds. The Balaban J connectivity index is 2.30. The fraction of sp³-hybridized carbons (Fsp3) is 0.385. The smallest absolute Gasteiger partial charge is 0.326 e. The number of likely N-dealkylation sites (tertiary alicyclic amines) is 1. The molecule has 9 heteroatoms.